The summed E-state index contributed by atoms with van der Waals surface area (Å²) in [5, 5.41) is 8.64. The van der Waals surface area contributed by atoms with Gasteiger partial charge in [0.2, 0.25) is 0 Å². The van der Waals surface area contributed by atoms with Crippen molar-refractivity contribution in [3.8, 4) is 0 Å². The molecule has 1 aromatic rings. The lowest BCUT2D eigenvalue weighted by Gasteiger charge is -2.09. The number of benzene rings is 1. The molecule has 0 saturated carbocycles. The van der Waals surface area contributed by atoms with E-state index in [-0.39, 0.29) is 6.42 Å². The maximum absolute atomic E-state index is 10.5. The lowest BCUT2D eigenvalue weighted by molar-refractivity contribution is -0.136. The average molecular weight is 220 g/mol. The molecular weight excluding hydrogens is 200 g/mol. The van der Waals surface area contributed by atoms with Crippen molar-refractivity contribution in [3.63, 3.8) is 0 Å². The first-order chi connectivity index (χ1) is 7.49. The normalized spacial score (nSPS) is 10.8. The van der Waals surface area contributed by atoms with Crippen LogP contribution in [-0.4, -0.2) is 11.1 Å². The standard InChI is InChI=1S/C14H20O2/c1-10(2)8-12-4-5-13(11(3)9-12)6-7-14(15)16/h4-5,9-10H,6-8H2,1-3H3,(H,15,16). The van der Waals surface area contributed by atoms with E-state index >= 15 is 0 Å². The van der Waals surface area contributed by atoms with Crippen molar-refractivity contribution >= 4 is 5.97 Å². The third-order valence-corrected chi connectivity index (χ3v) is 2.66. The number of carboxylic acid groups (broad SMARTS) is 1. The zero-order valence-electron chi connectivity index (χ0n) is 10.3. The van der Waals surface area contributed by atoms with Crippen molar-refractivity contribution in [1.29, 1.82) is 0 Å². The first-order valence-electron chi connectivity index (χ1n) is 5.79. The predicted molar refractivity (Wildman–Crippen MR) is 65.7 cm³/mol. The van der Waals surface area contributed by atoms with Crippen molar-refractivity contribution in [2.45, 2.75) is 40.0 Å². The molecule has 0 aliphatic carbocycles. The highest BCUT2D eigenvalue weighted by Gasteiger charge is 2.04. The number of aliphatic carboxylic acids is 1. The van der Waals surface area contributed by atoms with Crippen LogP contribution in [0.1, 0.15) is 37.0 Å². The van der Waals surface area contributed by atoms with Crippen LogP contribution in [0.5, 0.6) is 0 Å². The molecule has 1 aromatic carbocycles. The lowest BCUT2D eigenvalue weighted by atomic mass is 9.97. The van der Waals surface area contributed by atoms with E-state index in [9.17, 15) is 4.79 Å². The van der Waals surface area contributed by atoms with Gasteiger partial charge in [-0.3, -0.25) is 4.79 Å². The van der Waals surface area contributed by atoms with Crippen molar-refractivity contribution in [2.75, 3.05) is 0 Å². The maximum atomic E-state index is 10.5. The SMILES string of the molecule is Cc1cc(CC(C)C)ccc1CCC(=O)O. The summed E-state index contributed by atoms with van der Waals surface area (Å²) in [6, 6.07) is 6.36. The van der Waals surface area contributed by atoms with Crippen molar-refractivity contribution in [3.05, 3.63) is 34.9 Å². The molecule has 2 nitrogen and oxygen atoms in total. The second-order valence-corrected chi connectivity index (χ2v) is 4.75. The fraction of sp³-hybridized carbons (Fsp3) is 0.500. The van der Waals surface area contributed by atoms with E-state index < -0.39 is 5.97 Å². The Hall–Kier alpha value is -1.31. The predicted octanol–water partition coefficient (Wildman–Crippen LogP) is 3.21. The Labute approximate surface area is 97.3 Å². The van der Waals surface area contributed by atoms with Gasteiger partial charge in [0.1, 0.15) is 0 Å². The Kier molecular flexibility index (Phi) is 4.53. The highest BCUT2D eigenvalue weighted by atomic mass is 16.4. The summed E-state index contributed by atoms with van der Waals surface area (Å²) >= 11 is 0. The Morgan fingerprint density at radius 3 is 2.56 bits per heavy atom. The lowest BCUT2D eigenvalue weighted by Crippen LogP contribution is -2.00. The van der Waals surface area contributed by atoms with E-state index in [1.165, 1.54) is 11.1 Å². The number of aryl methyl sites for hydroxylation is 2. The topological polar surface area (TPSA) is 37.3 Å². The quantitative estimate of drug-likeness (QED) is 0.827. The molecule has 16 heavy (non-hydrogen) atoms. The highest BCUT2D eigenvalue weighted by Crippen LogP contribution is 2.15. The van der Waals surface area contributed by atoms with E-state index in [4.69, 9.17) is 5.11 Å². The van der Waals surface area contributed by atoms with Gasteiger partial charge in [-0.2, -0.15) is 0 Å². The molecule has 0 heterocycles. The molecule has 0 atom stereocenters. The summed E-state index contributed by atoms with van der Waals surface area (Å²) in [7, 11) is 0. The molecule has 88 valence electrons. The fourth-order valence-electron chi connectivity index (χ4n) is 1.88. The molecule has 0 bridgehead atoms. The van der Waals surface area contributed by atoms with Gasteiger partial charge >= 0.3 is 5.97 Å². The van der Waals surface area contributed by atoms with E-state index in [1.54, 1.807) is 0 Å². The van der Waals surface area contributed by atoms with E-state index in [1.807, 2.05) is 0 Å². The minimum atomic E-state index is -0.731. The molecule has 0 amide bonds. The third-order valence-electron chi connectivity index (χ3n) is 2.66. The van der Waals surface area contributed by atoms with Crippen molar-refractivity contribution < 1.29 is 9.90 Å². The summed E-state index contributed by atoms with van der Waals surface area (Å²) in [6.45, 7) is 6.46. The number of rotatable bonds is 5. The molecule has 0 fully saturated rings. The van der Waals surface area contributed by atoms with Gasteiger partial charge in [-0.05, 0) is 42.4 Å². The number of carboxylic acids is 1. The smallest absolute Gasteiger partial charge is 0.303 e. The molecule has 0 aliphatic rings. The molecule has 0 radical (unpaired) electrons. The summed E-state index contributed by atoms with van der Waals surface area (Å²) < 4.78 is 0. The van der Waals surface area contributed by atoms with Crippen LogP contribution >= 0.6 is 0 Å². The molecule has 0 unspecified atom stereocenters. The molecule has 0 saturated heterocycles. The zero-order chi connectivity index (χ0) is 12.1. The van der Waals surface area contributed by atoms with Crippen LogP contribution in [0.25, 0.3) is 0 Å². The summed E-state index contributed by atoms with van der Waals surface area (Å²) in [5.74, 6) is -0.0741. The summed E-state index contributed by atoms with van der Waals surface area (Å²) in [5.41, 5.74) is 3.70. The van der Waals surface area contributed by atoms with Gasteiger partial charge in [0.25, 0.3) is 0 Å². The monoisotopic (exact) mass is 220 g/mol. The molecule has 0 aliphatic heterocycles. The fourth-order valence-corrected chi connectivity index (χ4v) is 1.88. The van der Waals surface area contributed by atoms with Gasteiger partial charge in [0.15, 0.2) is 0 Å². The van der Waals surface area contributed by atoms with Gasteiger partial charge in [-0.1, -0.05) is 32.0 Å². The van der Waals surface area contributed by atoms with Gasteiger partial charge in [-0.15, -0.1) is 0 Å². The molecule has 0 spiro atoms. The second-order valence-electron chi connectivity index (χ2n) is 4.75. The van der Waals surface area contributed by atoms with Crippen molar-refractivity contribution in [1.82, 2.24) is 0 Å². The average Bonchev–Trinajstić information content (AvgIpc) is 2.15. The van der Waals surface area contributed by atoms with E-state index in [2.05, 4.69) is 39.0 Å². The highest BCUT2D eigenvalue weighted by molar-refractivity contribution is 5.67. The second kappa shape index (κ2) is 5.69. The maximum Gasteiger partial charge on any atom is 0.303 e. The van der Waals surface area contributed by atoms with Gasteiger partial charge < -0.3 is 5.11 Å². The number of hydrogen-bond acceptors (Lipinski definition) is 1. The van der Waals surface area contributed by atoms with Crippen LogP contribution in [0.4, 0.5) is 0 Å². The van der Waals surface area contributed by atoms with Crippen LogP contribution < -0.4 is 0 Å². The van der Waals surface area contributed by atoms with Gasteiger partial charge in [-0.25, -0.2) is 0 Å². The molecule has 2 heteroatoms. The molecule has 1 rings (SSSR count). The first kappa shape index (κ1) is 12.8. The largest absolute Gasteiger partial charge is 0.481 e. The number of carbonyl (C=O) groups is 1. The van der Waals surface area contributed by atoms with E-state index in [0.717, 1.165) is 12.0 Å². The Morgan fingerprint density at radius 1 is 1.38 bits per heavy atom. The van der Waals surface area contributed by atoms with Crippen LogP contribution in [0.2, 0.25) is 0 Å². The van der Waals surface area contributed by atoms with Gasteiger partial charge in [0, 0.05) is 6.42 Å². The van der Waals surface area contributed by atoms with Crippen LogP contribution in [-0.2, 0) is 17.6 Å². The van der Waals surface area contributed by atoms with Gasteiger partial charge in [0.05, 0.1) is 0 Å². The molecule has 1 N–H and O–H groups in total. The van der Waals surface area contributed by atoms with Crippen LogP contribution in [0.3, 0.4) is 0 Å². The number of hydrogen-bond donors (Lipinski definition) is 1. The Bertz CT molecular complexity index is 367. The molecular formula is C14H20O2. The minimum absolute atomic E-state index is 0.213. The molecule has 0 aromatic heterocycles. The van der Waals surface area contributed by atoms with Crippen LogP contribution in [0, 0.1) is 12.8 Å². The summed E-state index contributed by atoms with van der Waals surface area (Å²) in [4.78, 5) is 10.5. The zero-order valence-corrected chi connectivity index (χ0v) is 10.3. The first-order valence-corrected chi connectivity index (χ1v) is 5.79. The Balaban J connectivity index is 2.71. The van der Waals surface area contributed by atoms with E-state index in [0.29, 0.717) is 12.3 Å². The minimum Gasteiger partial charge on any atom is -0.481 e. The van der Waals surface area contributed by atoms with Crippen molar-refractivity contribution in [2.24, 2.45) is 5.92 Å². The summed E-state index contributed by atoms with van der Waals surface area (Å²) in [6.07, 6.45) is 1.92. The Morgan fingerprint density at radius 2 is 2.06 bits per heavy atom. The van der Waals surface area contributed by atoms with Crippen LogP contribution in [0.15, 0.2) is 18.2 Å². The third kappa shape index (κ3) is 4.05.